The minimum absolute atomic E-state index is 0.508. The first-order valence-corrected chi connectivity index (χ1v) is 6.64. The van der Waals surface area contributed by atoms with Crippen LogP contribution >= 0.6 is 0 Å². The van der Waals surface area contributed by atoms with E-state index in [9.17, 15) is 0 Å². The number of rotatable bonds is 2. The van der Waals surface area contributed by atoms with Crippen molar-refractivity contribution in [3.63, 3.8) is 0 Å². The van der Waals surface area contributed by atoms with Gasteiger partial charge in [0.05, 0.1) is 17.8 Å². The van der Waals surface area contributed by atoms with E-state index in [1.165, 1.54) is 49.9 Å². The normalized spacial score (nSPS) is 26.7. The summed E-state index contributed by atoms with van der Waals surface area (Å²) in [5.74, 6) is 0. The summed E-state index contributed by atoms with van der Waals surface area (Å²) < 4.78 is 2.26. The molecule has 1 saturated heterocycles. The number of nitrogens with one attached hydrogen (secondary N) is 1. The third-order valence-corrected chi connectivity index (χ3v) is 4.03. The smallest absolute Gasteiger partial charge is 0.0796 e. The molecule has 2 heterocycles. The molecule has 0 radical (unpaired) electrons. The van der Waals surface area contributed by atoms with Gasteiger partial charge < -0.3 is 5.32 Å². The van der Waals surface area contributed by atoms with Crippen LogP contribution in [0.25, 0.3) is 0 Å². The van der Waals surface area contributed by atoms with Crippen LogP contribution in [0, 0.1) is 6.92 Å². The first kappa shape index (κ1) is 10.3. The third kappa shape index (κ3) is 1.77. The lowest BCUT2D eigenvalue weighted by Gasteiger charge is -2.27. The van der Waals surface area contributed by atoms with Gasteiger partial charge >= 0.3 is 0 Å². The highest BCUT2D eigenvalue weighted by Crippen LogP contribution is 2.33. The summed E-state index contributed by atoms with van der Waals surface area (Å²) in [6.45, 7) is 3.34. The SMILES string of the molecule is Cc1cc(C2CCCCN2)nn1C1CCC1. The quantitative estimate of drug-likeness (QED) is 0.829. The Morgan fingerprint density at radius 1 is 1.25 bits per heavy atom. The molecular weight excluding hydrogens is 198 g/mol. The van der Waals surface area contributed by atoms with Gasteiger partial charge in [0, 0.05) is 5.69 Å². The van der Waals surface area contributed by atoms with Crippen molar-refractivity contribution in [3.05, 3.63) is 17.5 Å². The molecule has 1 aromatic heterocycles. The van der Waals surface area contributed by atoms with E-state index in [2.05, 4.69) is 23.0 Å². The highest BCUT2D eigenvalue weighted by molar-refractivity contribution is 5.14. The Labute approximate surface area is 97.2 Å². The van der Waals surface area contributed by atoms with Crippen LogP contribution in [0.1, 0.15) is 62.0 Å². The number of aryl methyl sites for hydroxylation is 1. The first-order valence-electron chi connectivity index (χ1n) is 6.64. The maximum Gasteiger partial charge on any atom is 0.0796 e. The second-order valence-corrected chi connectivity index (χ2v) is 5.24. The lowest BCUT2D eigenvalue weighted by atomic mass is 9.93. The molecule has 3 heteroatoms. The van der Waals surface area contributed by atoms with Gasteiger partial charge in [-0.25, -0.2) is 0 Å². The Hall–Kier alpha value is -0.830. The van der Waals surface area contributed by atoms with Gasteiger partial charge in [-0.15, -0.1) is 0 Å². The Morgan fingerprint density at radius 3 is 2.75 bits per heavy atom. The molecule has 1 aliphatic heterocycles. The highest BCUT2D eigenvalue weighted by Gasteiger charge is 2.24. The molecule has 3 rings (SSSR count). The summed E-state index contributed by atoms with van der Waals surface area (Å²) >= 11 is 0. The molecule has 1 aliphatic carbocycles. The summed E-state index contributed by atoms with van der Waals surface area (Å²) in [7, 11) is 0. The van der Waals surface area contributed by atoms with E-state index < -0.39 is 0 Å². The molecule has 88 valence electrons. The number of hydrogen-bond donors (Lipinski definition) is 1. The van der Waals surface area contributed by atoms with Crippen molar-refractivity contribution in [1.29, 1.82) is 0 Å². The van der Waals surface area contributed by atoms with Gasteiger partial charge in [-0.2, -0.15) is 5.10 Å². The lowest BCUT2D eigenvalue weighted by Crippen LogP contribution is -2.27. The predicted molar refractivity (Wildman–Crippen MR) is 64.4 cm³/mol. The average Bonchev–Trinajstić information content (AvgIpc) is 2.60. The molecular formula is C13H21N3. The summed E-state index contributed by atoms with van der Waals surface area (Å²) in [6.07, 6.45) is 7.92. The molecule has 1 saturated carbocycles. The van der Waals surface area contributed by atoms with Crippen molar-refractivity contribution >= 4 is 0 Å². The zero-order chi connectivity index (χ0) is 11.0. The van der Waals surface area contributed by atoms with Crippen molar-refractivity contribution in [3.8, 4) is 0 Å². The molecule has 1 atom stereocenters. The summed E-state index contributed by atoms with van der Waals surface area (Å²) in [5, 5.41) is 8.38. The van der Waals surface area contributed by atoms with Gasteiger partial charge in [0.1, 0.15) is 0 Å². The van der Waals surface area contributed by atoms with Crippen LogP contribution in [0.5, 0.6) is 0 Å². The average molecular weight is 219 g/mol. The Bertz CT molecular complexity index is 359. The monoisotopic (exact) mass is 219 g/mol. The van der Waals surface area contributed by atoms with Crippen molar-refractivity contribution in [2.24, 2.45) is 0 Å². The van der Waals surface area contributed by atoms with Crippen LogP contribution in [-0.2, 0) is 0 Å². The van der Waals surface area contributed by atoms with E-state index in [1.54, 1.807) is 0 Å². The molecule has 1 N–H and O–H groups in total. The maximum absolute atomic E-state index is 4.81. The van der Waals surface area contributed by atoms with E-state index in [1.807, 2.05) is 0 Å². The zero-order valence-electron chi connectivity index (χ0n) is 10.1. The predicted octanol–water partition coefficient (Wildman–Crippen LogP) is 2.73. The molecule has 3 nitrogen and oxygen atoms in total. The lowest BCUT2D eigenvalue weighted by molar-refractivity contribution is 0.281. The standard InChI is InChI=1S/C13H21N3/c1-10-9-13(12-7-2-3-8-14-12)15-16(10)11-5-4-6-11/h9,11-12,14H,2-8H2,1H3. The van der Waals surface area contributed by atoms with Gasteiger partial charge in [0.2, 0.25) is 0 Å². The van der Waals surface area contributed by atoms with Crippen LogP contribution < -0.4 is 5.32 Å². The van der Waals surface area contributed by atoms with Gasteiger partial charge in [-0.05, 0) is 51.6 Å². The topological polar surface area (TPSA) is 29.9 Å². The second-order valence-electron chi connectivity index (χ2n) is 5.24. The molecule has 1 unspecified atom stereocenters. The highest BCUT2D eigenvalue weighted by atomic mass is 15.3. The van der Waals surface area contributed by atoms with Crippen molar-refractivity contribution in [1.82, 2.24) is 15.1 Å². The fraction of sp³-hybridized carbons (Fsp3) is 0.769. The van der Waals surface area contributed by atoms with Crippen LogP contribution in [0.3, 0.4) is 0 Å². The maximum atomic E-state index is 4.81. The fourth-order valence-corrected chi connectivity index (χ4v) is 2.79. The molecule has 1 aromatic rings. The van der Waals surface area contributed by atoms with Crippen LogP contribution in [0.15, 0.2) is 6.07 Å². The summed E-state index contributed by atoms with van der Waals surface area (Å²) in [4.78, 5) is 0. The largest absolute Gasteiger partial charge is 0.309 e. The molecule has 2 aliphatic rings. The number of nitrogens with zero attached hydrogens (tertiary/aromatic N) is 2. The van der Waals surface area contributed by atoms with E-state index in [-0.39, 0.29) is 0 Å². The van der Waals surface area contributed by atoms with E-state index in [4.69, 9.17) is 5.10 Å². The van der Waals surface area contributed by atoms with Crippen LogP contribution in [0.2, 0.25) is 0 Å². The van der Waals surface area contributed by atoms with Crippen LogP contribution in [-0.4, -0.2) is 16.3 Å². The van der Waals surface area contributed by atoms with Gasteiger partial charge in [0.25, 0.3) is 0 Å². The van der Waals surface area contributed by atoms with Crippen molar-refractivity contribution < 1.29 is 0 Å². The summed E-state index contributed by atoms with van der Waals surface area (Å²) in [6, 6.07) is 3.48. The zero-order valence-corrected chi connectivity index (χ0v) is 10.1. The molecule has 2 fully saturated rings. The second kappa shape index (κ2) is 4.21. The minimum atomic E-state index is 0.508. The molecule has 0 amide bonds. The Kier molecular flexibility index (Phi) is 2.72. The van der Waals surface area contributed by atoms with E-state index in [0.717, 1.165) is 6.54 Å². The fourth-order valence-electron chi connectivity index (χ4n) is 2.79. The number of aromatic nitrogens is 2. The molecule has 0 spiro atoms. The first-order chi connectivity index (χ1) is 7.84. The van der Waals surface area contributed by atoms with Gasteiger partial charge in [-0.3, -0.25) is 4.68 Å². The molecule has 16 heavy (non-hydrogen) atoms. The van der Waals surface area contributed by atoms with Gasteiger partial charge in [-0.1, -0.05) is 6.42 Å². The minimum Gasteiger partial charge on any atom is -0.309 e. The van der Waals surface area contributed by atoms with Crippen LogP contribution in [0.4, 0.5) is 0 Å². The molecule has 0 bridgehead atoms. The Balaban J connectivity index is 1.79. The van der Waals surface area contributed by atoms with Crippen molar-refractivity contribution in [2.75, 3.05) is 6.54 Å². The van der Waals surface area contributed by atoms with E-state index in [0.29, 0.717) is 12.1 Å². The summed E-state index contributed by atoms with van der Waals surface area (Å²) in [5.41, 5.74) is 2.61. The number of hydrogen-bond acceptors (Lipinski definition) is 2. The Morgan fingerprint density at radius 2 is 2.12 bits per heavy atom. The molecule has 0 aromatic carbocycles. The third-order valence-electron chi connectivity index (χ3n) is 4.03. The van der Waals surface area contributed by atoms with Gasteiger partial charge in [0.15, 0.2) is 0 Å². The number of piperidine rings is 1. The van der Waals surface area contributed by atoms with Crippen molar-refractivity contribution in [2.45, 2.75) is 57.5 Å². The van der Waals surface area contributed by atoms with E-state index >= 15 is 0 Å².